The number of thiazole rings is 1. The number of anilines is 3. The first-order valence-electron chi connectivity index (χ1n) is 18.0. The van der Waals surface area contributed by atoms with Gasteiger partial charge < -0.3 is 9.32 Å². The maximum absolute atomic E-state index is 6.41. The van der Waals surface area contributed by atoms with Crippen molar-refractivity contribution in [2.75, 3.05) is 4.90 Å². The molecular weight excluding hydrogens is 697 g/mol. The van der Waals surface area contributed by atoms with E-state index >= 15 is 0 Å². The molecule has 5 heteroatoms. The topological polar surface area (TPSA) is 29.3 Å². The first kappa shape index (κ1) is 31.0. The van der Waals surface area contributed by atoms with Gasteiger partial charge in [-0.2, -0.15) is 0 Å². The van der Waals surface area contributed by atoms with Crippen LogP contribution in [0.15, 0.2) is 186 Å². The fourth-order valence-corrected chi connectivity index (χ4v) is 10.2. The van der Waals surface area contributed by atoms with Crippen LogP contribution in [0.3, 0.4) is 0 Å². The lowest BCUT2D eigenvalue weighted by molar-refractivity contribution is 0.669. The summed E-state index contributed by atoms with van der Waals surface area (Å²) in [6, 6.07) is 64.7. The lowest BCUT2D eigenvalue weighted by Crippen LogP contribution is -2.11. The molecule has 0 fully saturated rings. The number of furan rings is 1. The molecule has 0 spiro atoms. The molecule has 3 aromatic heterocycles. The van der Waals surface area contributed by atoms with Gasteiger partial charge in [-0.3, -0.25) is 0 Å². The highest BCUT2D eigenvalue weighted by molar-refractivity contribution is 7.28. The quantitative estimate of drug-likeness (QED) is 0.171. The largest absolute Gasteiger partial charge is 0.456 e. The second-order valence-corrected chi connectivity index (χ2v) is 15.6. The van der Waals surface area contributed by atoms with Gasteiger partial charge in [-0.1, -0.05) is 127 Å². The standard InChI is InChI=1S/C49H30N2OS2/c1-3-13-31(14-4-1)36-17-7-10-20-42(36)51(35-27-28-38-37-18-8-11-21-43(37)52-44(38)29-35)34-25-23-32(24-26-34)40-30-41-48(54-49(50-41)33-15-5-2-6-16-33)46-39-19-9-12-22-45(39)53-47(40)46/h1-30H. The van der Waals surface area contributed by atoms with Gasteiger partial charge in [0.2, 0.25) is 0 Å². The molecule has 11 aromatic rings. The van der Waals surface area contributed by atoms with Crippen LogP contribution < -0.4 is 4.90 Å². The SMILES string of the molecule is c1ccc(-c2nc3cc(-c4ccc(N(c5ccc6c(c5)oc5ccccc56)c5ccccc5-c5ccccc5)cc4)c4sc5ccccc5c4c3s2)cc1. The lowest BCUT2D eigenvalue weighted by atomic mass is 10.00. The Balaban J connectivity index is 1.09. The molecular formula is C49H30N2OS2. The number of rotatable bonds is 6. The Morgan fingerprint density at radius 2 is 1.09 bits per heavy atom. The minimum atomic E-state index is 0.867. The second kappa shape index (κ2) is 12.6. The van der Waals surface area contributed by atoms with Crippen LogP contribution in [-0.2, 0) is 0 Å². The highest BCUT2D eigenvalue weighted by atomic mass is 32.1. The number of fused-ring (bicyclic) bond motifs is 8. The van der Waals surface area contributed by atoms with Gasteiger partial charge in [0, 0.05) is 65.1 Å². The number of thiophene rings is 1. The Morgan fingerprint density at radius 1 is 0.444 bits per heavy atom. The average Bonchev–Trinajstić information content (AvgIpc) is 3.95. The molecule has 0 radical (unpaired) electrons. The van der Waals surface area contributed by atoms with Crippen molar-refractivity contribution < 1.29 is 4.42 Å². The summed E-state index contributed by atoms with van der Waals surface area (Å²) in [4.78, 5) is 7.57. The predicted octanol–water partition coefficient (Wildman–Crippen LogP) is 15.0. The molecule has 8 aromatic carbocycles. The highest BCUT2D eigenvalue weighted by Crippen LogP contribution is 2.48. The van der Waals surface area contributed by atoms with Gasteiger partial charge in [-0.05, 0) is 59.7 Å². The molecule has 0 bridgehead atoms. The van der Waals surface area contributed by atoms with E-state index in [4.69, 9.17) is 9.40 Å². The smallest absolute Gasteiger partial charge is 0.137 e. The van der Waals surface area contributed by atoms with E-state index in [0.29, 0.717) is 0 Å². The first-order chi connectivity index (χ1) is 26.8. The monoisotopic (exact) mass is 726 g/mol. The van der Waals surface area contributed by atoms with Gasteiger partial charge in [-0.25, -0.2) is 4.98 Å². The van der Waals surface area contributed by atoms with Crippen LogP contribution in [0.4, 0.5) is 17.1 Å². The maximum Gasteiger partial charge on any atom is 0.137 e. The summed E-state index contributed by atoms with van der Waals surface area (Å²) >= 11 is 3.65. The molecule has 3 nitrogen and oxygen atoms in total. The number of hydrogen-bond acceptors (Lipinski definition) is 5. The molecule has 0 unspecified atom stereocenters. The van der Waals surface area contributed by atoms with Gasteiger partial charge in [-0.15, -0.1) is 22.7 Å². The van der Waals surface area contributed by atoms with Crippen molar-refractivity contribution in [2.24, 2.45) is 0 Å². The Hall–Kier alpha value is -6.53. The summed E-state index contributed by atoms with van der Waals surface area (Å²) in [5.74, 6) is 0. The van der Waals surface area contributed by atoms with E-state index in [2.05, 4.69) is 175 Å². The molecule has 11 rings (SSSR count). The Bertz CT molecular complexity index is 3160. The fourth-order valence-electron chi connectivity index (χ4n) is 7.79. The molecule has 0 aliphatic carbocycles. The van der Waals surface area contributed by atoms with Gasteiger partial charge in [0.1, 0.15) is 16.2 Å². The molecule has 0 aliphatic rings. The minimum Gasteiger partial charge on any atom is -0.456 e. The van der Waals surface area contributed by atoms with Crippen molar-refractivity contribution in [3.8, 4) is 32.8 Å². The molecule has 54 heavy (non-hydrogen) atoms. The first-order valence-corrected chi connectivity index (χ1v) is 19.7. The van der Waals surface area contributed by atoms with Crippen molar-refractivity contribution in [3.05, 3.63) is 182 Å². The van der Waals surface area contributed by atoms with Crippen molar-refractivity contribution >= 4 is 92.1 Å². The zero-order valence-electron chi connectivity index (χ0n) is 28.9. The van der Waals surface area contributed by atoms with Crippen molar-refractivity contribution in [1.29, 1.82) is 0 Å². The van der Waals surface area contributed by atoms with Crippen molar-refractivity contribution in [2.45, 2.75) is 0 Å². The van der Waals surface area contributed by atoms with Crippen molar-refractivity contribution in [1.82, 2.24) is 4.98 Å². The second-order valence-electron chi connectivity index (χ2n) is 13.5. The van der Waals surface area contributed by atoms with E-state index < -0.39 is 0 Å². The van der Waals surface area contributed by atoms with E-state index in [1.807, 2.05) is 23.5 Å². The summed E-state index contributed by atoms with van der Waals surface area (Å²) in [5.41, 5.74) is 11.8. The predicted molar refractivity (Wildman–Crippen MR) is 231 cm³/mol. The van der Waals surface area contributed by atoms with Crippen LogP contribution in [0.2, 0.25) is 0 Å². The van der Waals surface area contributed by atoms with Crippen LogP contribution in [0, 0.1) is 0 Å². The average molecular weight is 727 g/mol. The third-order valence-corrected chi connectivity index (χ3v) is 12.7. The third-order valence-electron chi connectivity index (χ3n) is 10.3. The Morgan fingerprint density at radius 3 is 1.93 bits per heavy atom. The third kappa shape index (κ3) is 5.05. The zero-order chi connectivity index (χ0) is 35.6. The molecule has 3 heterocycles. The van der Waals surface area contributed by atoms with E-state index in [1.54, 1.807) is 11.3 Å². The molecule has 254 valence electrons. The number of hydrogen-bond donors (Lipinski definition) is 0. The summed E-state index contributed by atoms with van der Waals surface area (Å²) in [6.45, 7) is 0. The molecule has 0 saturated carbocycles. The molecule has 0 aliphatic heterocycles. The number of aromatic nitrogens is 1. The van der Waals surface area contributed by atoms with Gasteiger partial charge in [0.15, 0.2) is 0 Å². The summed E-state index contributed by atoms with van der Waals surface area (Å²) < 4.78 is 10.2. The molecule has 0 atom stereocenters. The van der Waals surface area contributed by atoms with E-state index in [1.165, 1.54) is 30.4 Å². The molecule has 0 saturated heterocycles. The van der Waals surface area contributed by atoms with Crippen LogP contribution in [0.5, 0.6) is 0 Å². The molecule has 0 N–H and O–H groups in total. The van der Waals surface area contributed by atoms with Crippen LogP contribution in [-0.4, -0.2) is 4.98 Å². The lowest BCUT2D eigenvalue weighted by Gasteiger charge is -2.28. The van der Waals surface area contributed by atoms with Crippen molar-refractivity contribution in [3.63, 3.8) is 0 Å². The summed E-state index contributed by atoms with van der Waals surface area (Å²) in [7, 11) is 0. The summed E-state index contributed by atoms with van der Waals surface area (Å²) in [6.07, 6.45) is 0. The van der Waals surface area contributed by atoms with E-state index in [0.717, 1.165) is 71.8 Å². The van der Waals surface area contributed by atoms with E-state index in [-0.39, 0.29) is 0 Å². The van der Waals surface area contributed by atoms with Gasteiger partial charge in [0.05, 0.1) is 15.9 Å². The number of nitrogens with zero attached hydrogens (tertiary/aromatic N) is 2. The highest BCUT2D eigenvalue weighted by Gasteiger charge is 2.21. The Labute approximate surface area is 319 Å². The Kier molecular flexibility index (Phi) is 7.22. The summed E-state index contributed by atoms with van der Waals surface area (Å²) in [5, 5.41) is 5.86. The van der Waals surface area contributed by atoms with Crippen LogP contribution >= 0.6 is 22.7 Å². The van der Waals surface area contributed by atoms with Gasteiger partial charge in [0.25, 0.3) is 0 Å². The number of benzene rings is 8. The van der Waals surface area contributed by atoms with E-state index in [9.17, 15) is 0 Å². The maximum atomic E-state index is 6.41. The minimum absolute atomic E-state index is 0.867. The number of para-hydroxylation sites is 2. The zero-order valence-corrected chi connectivity index (χ0v) is 30.6. The van der Waals surface area contributed by atoms with Crippen LogP contribution in [0.25, 0.3) is 85.2 Å². The fraction of sp³-hybridized carbons (Fsp3) is 0. The van der Waals surface area contributed by atoms with Gasteiger partial charge >= 0.3 is 0 Å². The molecule has 0 amide bonds. The van der Waals surface area contributed by atoms with Crippen LogP contribution in [0.1, 0.15) is 0 Å². The normalized spacial score (nSPS) is 11.7.